The number of nitrogens with one attached hydrogen (secondary N) is 1. The molecule has 0 aliphatic heterocycles. The van der Waals surface area contributed by atoms with Crippen molar-refractivity contribution in [3.05, 3.63) is 47.2 Å². The lowest BCUT2D eigenvalue weighted by Gasteiger charge is -2.52. The fourth-order valence-corrected chi connectivity index (χ4v) is 6.25. The number of esters is 1. The molecule has 1 aromatic carbocycles. The number of hydrogen-bond donors (Lipinski definition) is 1. The summed E-state index contributed by atoms with van der Waals surface area (Å²) in [5.74, 6) is 1.35. The Morgan fingerprint density at radius 3 is 3.00 bits per heavy atom. The number of para-hydroxylation sites is 1. The maximum Gasteiger partial charge on any atom is 0.318 e. The molecule has 25 heavy (non-hydrogen) atoms. The third kappa shape index (κ3) is 1.84. The molecule has 1 fully saturated rings. The molecule has 4 bridgehead atoms. The second kappa shape index (κ2) is 5.23. The van der Waals surface area contributed by atoms with Gasteiger partial charge in [-0.25, -0.2) is 0 Å². The second-order valence-electron chi connectivity index (χ2n) is 8.06. The first-order valence-corrected chi connectivity index (χ1v) is 9.58. The van der Waals surface area contributed by atoms with Crippen LogP contribution < -0.4 is 0 Å². The standard InChI is InChI=1S/C22H25NO2/c1-3-14-10-13-11-15-8-9-17-16-6-4-5-7-18(16)23-20(17)22(12-13,19(14)15)21(24)25-2/h4-7,10,13,15,19,23H,3,8-9,11-12H2,1-2H3/t13-,15?,19+,22-/m1/s1. The molecule has 4 aliphatic rings. The second-order valence-corrected chi connectivity index (χ2v) is 8.06. The molecule has 2 aromatic rings. The Balaban J connectivity index is 1.83. The molecule has 0 amide bonds. The van der Waals surface area contributed by atoms with Crippen molar-refractivity contribution in [1.82, 2.24) is 4.98 Å². The predicted molar refractivity (Wildman–Crippen MR) is 98.4 cm³/mol. The third-order valence-corrected chi connectivity index (χ3v) is 7.02. The number of aromatic amines is 1. The van der Waals surface area contributed by atoms with Crippen molar-refractivity contribution >= 4 is 16.9 Å². The minimum atomic E-state index is -0.521. The van der Waals surface area contributed by atoms with Crippen molar-refractivity contribution in [3.8, 4) is 0 Å². The number of fused-ring (bicyclic) bond motifs is 3. The zero-order valence-electron chi connectivity index (χ0n) is 15.0. The van der Waals surface area contributed by atoms with Gasteiger partial charge < -0.3 is 9.72 Å². The summed E-state index contributed by atoms with van der Waals surface area (Å²) in [6.45, 7) is 2.23. The van der Waals surface area contributed by atoms with Crippen LogP contribution in [-0.2, 0) is 21.4 Å². The molecule has 6 rings (SSSR count). The van der Waals surface area contributed by atoms with Crippen LogP contribution in [0.3, 0.4) is 0 Å². The summed E-state index contributed by atoms with van der Waals surface area (Å²) in [5.41, 5.74) is 4.61. The van der Waals surface area contributed by atoms with E-state index in [9.17, 15) is 4.79 Å². The maximum atomic E-state index is 13.3. The first kappa shape index (κ1) is 15.2. The van der Waals surface area contributed by atoms with Gasteiger partial charge in [0, 0.05) is 22.5 Å². The lowest BCUT2D eigenvalue weighted by Crippen LogP contribution is -2.54. The summed E-state index contributed by atoms with van der Waals surface area (Å²) in [5, 5.41) is 1.28. The molecule has 130 valence electrons. The zero-order valence-corrected chi connectivity index (χ0v) is 15.0. The van der Waals surface area contributed by atoms with Crippen LogP contribution in [-0.4, -0.2) is 18.1 Å². The molecule has 4 atom stereocenters. The summed E-state index contributed by atoms with van der Waals surface area (Å²) in [4.78, 5) is 16.9. The Kier molecular flexibility index (Phi) is 3.19. The zero-order chi connectivity index (χ0) is 17.2. The van der Waals surface area contributed by atoms with Crippen LogP contribution in [0.1, 0.15) is 43.9 Å². The monoisotopic (exact) mass is 335 g/mol. The maximum absolute atomic E-state index is 13.3. The van der Waals surface area contributed by atoms with Crippen LogP contribution in [0.5, 0.6) is 0 Å². The van der Waals surface area contributed by atoms with Crippen molar-refractivity contribution in [1.29, 1.82) is 0 Å². The van der Waals surface area contributed by atoms with Gasteiger partial charge in [0.15, 0.2) is 0 Å². The summed E-state index contributed by atoms with van der Waals surface area (Å²) >= 11 is 0. The summed E-state index contributed by atoms with van der Waals surface area (Å²) in [6, 6.07) is 8.49. The largest absolute Gasteiger partial charge is 0.468 e. The van der Waals surface area contributed by atoms with Crippen LogP contribution >= 0.6 is 0 Å². The van der Waals surface area contributed by atoms with Crippen molar-refractivity contribution < 1.29 is 9.53 Å². The predicted octanol–water partition coefficient (Wildman–Crippen LogP) is 4.52. The molecule has 3 heteroatoms. The molecule has 1 heterocycles. The number of hydrogen-bond acceptors (Lipinski definition) is 2. The van der Waals surface area contributed by atoms with Crippen LogP contribution in [0.15, 0.2) is 35.9 Å². The topological polar surface area (TPSA) is 42.1 Å². The number of H-pyrrole nitrogens is 1. The Morgan fingerprint density at radius 2 is 2.20 bits per heavy atom. The van der Waals surface area contributed by atoms with Gasteiger partial charge in [0.2, 0.25) is 0 Å². The number of ether oxygens (including phenoxy) is 1. The van der Waals surface area contributed by atoms with Gasteiger partial charge in [0.25, 0.3) is 0 Å². The molecule has 1 unspecified atom stereocenters. The molecule has 1 aromatic heterocycles. The number of rotatable bonds is 2. The van der Waals surface area contributed by atoms with Crippen LogP contribution in [0, 0.1) is 17.8 Å². The number of methoxy groups -OCH3 is 1. The van der Waals surface area contributed by atoms with E-state index in [-0.39, 0.29) is 5.97 Å². The van der Waals surface area contributed by atoms with E-state index in [4.69, 9.17) is 4.74 Å². The van der Waals surface area contributed by atoms with Gasteiger partial charge in [-0.05, 0) is 55.6 Å². The number of benzene rings is 1. The third-order valence-electron chi connectivity index (χ3n) is 7.02. The van der Waals surface area contributed by atoms with Gasteiger partial charge in [-0.15, -0.1) is 0 Å². The smallest absolute Gasteiger partial charge is 0.318 e. The molecule has 1 saturated carbocycles. The summed E-state index contributed by atoms with van der Waals surface area (Å²) in [7, 11) is 1.55. The van der Waals surface area contributed by atoms with Crippen LogP contribution in [0.2, 0.25) is 0 Å². The van der Waals surface area contributed by atoms with Crippen molar-refractivity contribution in [2.75, 3.05) is 7.11 Å². The Bertz CT molecular complexity index is 893. The van der Waals surface area contributed by atoms with Crippen LogP contribution in [0.25, 0.3) is 10.9 Å². The first-order chi connectivity index (χ1) is 12.2. The van der Waals surface area contributed by atoms with E-state index < -0.39 is 5.41 Å². The lowest BCUT2D eigenvalue weighted by atomic mass is 9.51. The number of carbonyl (C=O) groups excluding carboxylic acids is 1. The van der Waals surface area contributed by atoms with Gasteiger partial charge in [-0.2, -0.15) is 0 Å². The van der Waals surface area contributed by atoms with Crippen molar-refractivity contribution in [3.63, 3.8) is 0 Å². The van der Waals surface area contributed by atoms with E-state index in [2.05, 4.69) is 42.2 Å². The first-order valence-electron chi connectivity index (χ1n) is 9.58. The highest BCUT2D eigenvalue weighted by Crippen LogP contribution is 2.60. The highest BCUT2D eigenvalue weighted by molar-refractivity contribution is 5.91. The Hall–Kier alpha value is -2.03. The Morgan fingerprint density at radius 1 is 1.36 bits per heavy atom. The SMILES string of the molecule is CCC1=C[C@@H]2CC3CCc4c([nH]c5ccccc45)[C@@](C(=O)OC)(C2)[C@@H]13. The highest BCUT2D eigenvalue weighted by atomic mass is 16.5. The van der Waals surface area contributed by atoms with Gasteiger partial charge >= 0.3 is 5.97 Å². The van der Waals surface area contributed by atoms with Crippen molar-refractivity contribution in [2.45, 2.75) is 44.4 Å². The van der Waals surface area contributed by atoms with E-state index in [1.165, 1.54) is 29.4 Å². The number of aromatic nitrogens is 1. The highest BCUT2D eigenvalue weighted by Gasteiger charge is 2.60. The minimum Gasteiger partial charge on any atom is -0.468 e. The van der Waals surface area contributed by atoms with Crippen LogP contribution in [0.4, 0.5) is 0 Å². The van der Waals surface area contributed by atoms with Gasteiger partial charge in [-0.1, -0.05) is 36.8 Å². The van der Waals surface area contributed by atoms with E-state index in [1.807, 2.05) is 0 Å². The van der Waals surface area contributed by atoms with Crippen molar-refractivity contribution in [2.24, 2.45) is 17.8 Å². The molecule has 1 N–H and O–H groups in total. The summed E-state index contributed by atoms with van der Waals surface area (Å²) in [6.07, 6.45) is 7.86. The normalized spacial score (nSPS) is 32.9. The lowest BCUT2D eigenvalue weighted by molar-refractivity contribution is -0.154. The fourth-order valence-electron chi connectivity index (χ4n) is 6.25. The van der Waals surface area contributed by atoms with E-state index in [1.54, 1.807) is 7.11 Å². The fraction of sp³-hybridized carbons (Fsp3) is 0.500. The number of aryl methyl sites for hydroxylation is 1. The van der Waals surface area contributed by atoms with E-state index in [0.717, 1.165) is 30.5 Å². The van der Waals surface area contributed by atoms with E-state index in [0.29, 0.717) is 17.8 Å². The molecule has 0 spiro atoms. The molecule has 4 aliphatic carbocycles. The van der Waals surface area contributed by atoms with Gasteiger partial charge in [-0.3, -0.25) is 4.79 Å². The Labute approximate surface area is 148 Å². The molecular formula is C22H25NO2. The van der Waals surface area contributed by atoms with E-state index >= 15 is 0 Å². The number of carbonyl (C=O) groups is 1. The van der Waals surface area contributed by atoms with Gasteiger partial charge in [0.1, 0.15) is 5.41 Å². The molecule has 3 nitrogen and oxygen atoms in total. The minimum absolute atomic E-state index is 0.0408. The molecule has 0 radical (unpaired) electrons. The average Bonchev–Trinajstić information content (AvgIpc) is 3.00. The number of allylic oxidation sites excluding steroid dienone is 2. The summed E-state index contributed by atoms with van der Waals surface area (Å²) < 4.78 is 5.43. The quantitative estimate of drug-likeness (QED) is 0.648. The molecular weight excluding hydrogens is 310 g/mol. The molecule has 0 saturated heterocycles. The average molecular weight is 335 g/mol. The van der Waals surface area contributed by atoms with Gasteiger partial charge in [0.05, 0.1) is 7.11 Å².